The molecule has 0 fully saturated rings. The molecule has 0 spiro atoms. The number of benzene rings is 2. The van der Waals surface area contributed by atoms with Gasteiger partial charge in [-0.05, 0) is 95.5 Å². The quantitative estimate of drug-likeness (QED) is 0.148. The molecule has 0 saturated heterocycles. The highest BCUT2D eigenvalue weighted by Crippen LogP contribution is 2.38. The molecule has 2 aromatic carbocycles. The maximum Gasteiger partial charge on any atom is 0.303 e. The van der Waals surface area contributed by atoms with Crippen LogP contribution in [0.3, 0.4) is 0 Å². The summed E-state index contributed by atoms with van der Waals surface area (Å²) < 4.78 is 13.2. The van der Waals surface area contributed by atoms with E-state index in [2.05, 4.69) is 122 Å². The molecule has 2 rings (SSSR count). The highest BCUT2D eigenvalue weighted by Gasteiger charge is 2.38. The SMILES string of the molecule is CC(C)(C)[Si](C)(C)OCc1cc(/C=C/c2cccc(CCCCC(=O)O)c2)cc(CO[Si](C)(C)C(C)(C)C)c1. The first-order chi connectivity index (χ1) is 17.9. The molecular formula is C33H52O4Si2. The average Bonchev–Trinajstić information content (AvgIpc) is 2.82. The lowest BCUT2D eigenvalue weighted by Crippen LogP contribution is -2.40. The standard InChI is InChI=1S/C33H52O4Si2/c1-32(2,3)38(7,8)36-24-29-21-28(22-30(23-29)25-37-39(9,10)33(4,5)6)19-18-27-16-13-15-26(20-27)14-11-12-17-31(34)35/h13,15-16,18-23H,11-12,14,17,24-25H2,1-10H3,(H,34,35)/b19-18+. The Balaban J connectivity index is 2.26. The van der Waals surface area contributed by atoms with Crippen LogP contribution in [-0.2, 0) is 33.3 Å². The van der Waals surface area contributed by atoms with Crippen molar-refractivity contribution in [2.24, 2.45) is 0 Å². The lowest BCUT2D eigenvalue weighted by Gasteiger charge is -2.36. The fourth-order valence-electron chi connectivity index (χ4n) is 3.66. The fourth-order valence-corrected chi connectivity index (χ4v) is 5.59. The minimum absolute atomic E-state index is 0.164. The zero-order valence-electron chi connectivity index (χ0n) is 26.1. The van der Waals surface area contributed by atoms with Crippen molar-refractivity contribution in [2.75, 3.05) is 0 Å². The maximum absolute atomic E-state index is 10.8. The van der Waals surface area contributed by atoms with Crippen molar-refractivity contribution in [2.45, 2.75) is 117 Å². The van der Waals surface area contributed by atoms with Crippen LogP contribution in [0.2, 0.25) is 36.3 Å². The van der Waals surface area contributed by atoms with E-state index >= 15 is 0 Å². The first-order valence-corrected chi connectivity index (χ1v) is 20.1. The maximum atomic E-state index is 10.8. The Morgan fingerprint density at radius 2 is 1.23 bits per heavy atom. The zero-order chi connectivity index (χ0) is 29.5. The average molecular weight is 569 g/mol. The highest BCUT2D eigenvalue weighted by atomic mass is 28.4. The van der Waals surface area contributed by atoms with Crippen molar-refractivity contribution in [1.29, 1.82) is 0 Å². The Morgan fingerprint density at radius 3 is 1.72 bits per heavy atom. The van der Waals surface area contributed by atoms with Crippen LogP contribution in [0, 0.1) is 0 Å². The highest BCUT2D eigenvalue weighted by molar-refractivity contribution is 6.74. The number of carboxylic acid groups (broad SMARTS) is 1. The number of aliphatic carboxylic acids is 1. The zero-order valence-corrected chi connectivity index (χ0v) is 28.1. The van der Waals surface area contributed by atoms with Gasteiger partial charge < -0.3 is 14.0 Å². The van der Waals surface area contributed by atoms with Crippen molar-refractivity contribution in [3.8, 4) is 0 Å². The Hall–Kier alpha value is -2.00. The van der Waals surface area contributed by atoms with Crippen LogP contribution in [0.15, 0.2) is 42.5 Å². The first kappa shape index (κ1) is 33.2. The second-order valence-corrected chi connectivity index (χ2v) is 23.5. The number of hydrogen-bond acceptors (Lipinski definition) is 3. The Kier molecular flexibility index (Phi) is 11.6. The van der Waals surface area contributed by atoms with Gasteiger partial charge in [0.05, 0.1) is 13.2 Å². The van der Waals surface area contributed by atoms with Crippen LogP contribution in [0.25, 0.3) is 12.2 Å². The minimum Gasteiger partial charge on any atom is -0.481 e. The second kappa shape index (κ2) is 13.6. The normalized spacial score (nSPS) is 13.3. The largest absolute Gasteiger partial charge is 0.481 e. The predicted molar refractivity (Wildman–Crippen MR) is 171 cm³/mol. The summed E-state index contributed by atoms with van der Waals surface area (Å²) in [5.74, 6) is -0.724. The molecule has 216 valence electrons. The molecule has 6 heteroatoms. The molecule has 0 atom stereocenters. The van der Waals surface area contributed by atoms with Crippen molar-refractivity contribution in [3.63, 3.8) is 0 Å². The van der Waals surface area contributed by atoms with E-state index in [0.29, 0.717) is 19.6 Å². The van der Waals surface area contributed by atoms with E-state index in [0.717, 1.165) is 24.0 Å². The third-order valence-corrected chi connectivity index (χ3v) is 17.4. The number of unbranched alkanes of at least 4 members (excludes halogenated alkanes) is 1. The van der Waals surface area contributed by atoms with Gasteiger partial charge in [-0.1, -0.05) is 84.0 Å². The van der Waals surface area contributed by atoms with E-state index in [9.17, 15) is 4.79 Å². The molecule has 2 aromatic rings. The predicted octanol–water partition coefficient (Wildman–Crippen LogP) is 9.70. The first-order valence-electron chi connectivity index (χ1n) is 14.3. The van der Waals surface area contributed by atoms with Gasteiger partial charge in [0.2, 0.25) is 0 Å². The molecule has 0 amide bonds. The molecule has 0 aliphatic heterocycles. The van der Waals surface area contributed by atoms with E-state index in [1.165, 1.54) is 16.7 Å². The molecule has 0 saturated carbocycles. The van der Waals surface area contributed by atoms with E-state index in [1.54, 1.807) is 0 Å². The van der Waals surface area contributed by atoms with Crippen molar-refractivity contribution >= 4 is 34.8 Å². The summed E-state index contributed by atoms with van der Waals surface area (Å²) in [6, 6.07) is 15.2. The van der Waals surface area contributed by atoms with Crippen LogP contribution in [0.5, 0.6) is 0 Å². The molecule has 39 heavy (non-hydrogen) atoms. The van der Waals surface area contributed by atoms with Crippen LogP contribution >= 0.6 is 0 Å². The molecule has 0 bridgehead atoms. The van der Waals surface area contributed by atoms with Gasteiger partial charge >= 0.3 is 5.97 Å². The van der Waals surface area contributed by atoms with Gasteiger partial charge in [0.15, 0.2) is 16.6 Å². The number of aryl methyl sites for hydroxylation is 1. The van der Waals surface area contributed by atoms with Crippen LogP contribution in [-0.4, -0.2) is 27.7 Å². The number of carbonyl (C=O) groups is 1. The summed E-state index contributed by atoms with van der Waals surface area (Å²) in [5.41, 5.74) is 5.90. The summed E-state index contributed by atoms with van der Waals surface area (Å²) >= 11 is 0. The second-order valence-electron chi connectivity index (χ2n) is 13.9. The van der Waals surface area contributed by atoms with Crippen LogP contribution in [0.1, 0.15) is 88.6 Å². The number of rotatable bonds is 13. The monoisotopic (exact) mass is 568 g/mol. The molecule has 0 unspecified atom stereocenters. The molecular weight excluding hydrogens is 517 g/mol. The van der Waals surface area contributed by atoms with Gasteiger partial charge in [0.1, 0.15) is 0 Å². The molecule has 0 radical (unpaired) electrons. The van der Waals surface area contributed by atoms with E-state index < -0.39 is 22.6 Å². The van der Waals surface area contributed by atoms with Gasteiger partial charge in [0, 0.05) is 6.42 Å². The molecule has 0 aliphatic rings. The molecule has 0 aromatic heterocycles. The van der Waals surface area contributed by atoms with E-state index in [4.69, 9.17) is 14.0 Å². The van der Waals surface area contributed by atoms with Crippen LogP contribution in [0.4, 0.5) is 0 Å². The fraction of sp³-hybridized carbons (Fsp3) is 0.545. The third-order valence-electron chi connectivity index (χ3n) is 8.41. The van der Waals surface area contributed by atoms with E-state index in [-0.39, 0.29) is 16.5 Å². The van der Waals surface area contributed by atoms with Gasteiger partial charge in [-0.3, -0.25) is 4.79 Å². The van der Waals surface area contributed by atoms with Crippen molar-refractivity contribution in [1.82, 2.24) is 0 Å². The van der Waals surface area contributed by atoms with E-state index in [1.807, 2.05) is 0 Å². The van der Waals surface area contributed by atoms with Crippen molar-refractivity contribution in [3.05, 3.63) is 70.3 Å². The number of carboxylic acids is 1. The summed E-state index contributed by atoms with van der Waals surface area (Å²) in [4.78, 5) is 10.8. The third kappa shape index (κ3) is 10.8. The van der Waals surface area contributed by atoms with Gasteiger partial charge in [0.25, 0.3) is 0 Å². The molecule has 0 aliphatic carbocycles. The summed E-state index contributed by atoms with van der Waals surface area (Å²) in [7, 11) is -3.74. The van der Waals surface area contributed by atoms with Gasteiger partial charge in [-0.15, -0.1) is 0 Å². The minimum atomic E-state index is -1.87. The molecule has 4 nitrogen and oxygen atoms in total. The van der Waals surface area contributed by atoms with Crippen LogP contribution < -0.4 is 0 Å². The van der Waals surface area contributed by atoms with Gasteiger partial charge in [-0.25, -0.2) is 0 Å². The molecule has 0 heterocycles. The smallest absolute Gasteiger partial charge is 0.303 e. The number of hydrogen-bond donors (Lipinski definition) is 1. The van der Waals surface area contributed by atoms with Crippen molar-refractivity contribution < 1.29 is 18.8 Å². The van der Waals surface area contributed by atoms with Gasteiger partial charge in [-0.2, -0.15) is 0 Å². The summed E-state index contributed by atoms with van der Waals surface area (Å²) in [6.07, 6.45) is 7.05. The summed E-state index contributed by atoms with van der Waals surface area (Å²) in [5, 5.41) is 9.20. The Morgan fingerprint density at radius 1 is 0.744 bits per heavy atom. The molecule has 1 N–H and O–H groups in total. The summed E-state index contributed by atoms with van der Waals surface area (Å²) in [6.45, 7) is 24.1. The lowest BCUT2D eigenvalue weighted by atomic mass is 10.0. The topological polar surface area (TPSA) is 55.8 Å². The Labute approximate surface area is 240 Å². The lowest BCUT2D eigenvalue weighted by molar-refractivity contribution is -0.137. The Bertz CT molecular complexity index is 1070.